The number of hydrogen-bond acceptors (Lipinski definition) is 5. The predicted octanol–water partition coefficient (Wildman–Crippen LogP) is 4.71. The zero-order chi connectivity index (χ0) is 28.2. The highest BCUT2D eigenvalue weighted by Crippen LogP contribution is 2.67. The number of methoxy groups -OCH3 is 1. The van der Waals surface area contributed by atoms with Crippen LogP contribution in [0.1, 0.15) is 62.1 Å². The van der Waals surface area contributed by atoms with Gasteiger partial charge in [-0.3, -0.25) is 4.79 Å². The summed E-state index contributed by atoms with van der Waals surface area (Å²) in [6.07, 6.45) is 2.97. The minimum Gasteiger partial charge on any atom is -0.493 e. The van der Waals surface area contributed by atoms with E-state index in [1.165, 1.54) is 33.5 Å². The number of aryl methyl sites for hydroxylation is 2. The van der Waals surface area contributed by atoms with Gasteiger partial charge >= 0.3 is 0 Å². The van der Waals surface area contributed by atoms with Crippen LogP contribution in [0.15, 0.2) is 30.3 Å². The number of ether oxygens (including phenoxy) is 2. The molecule has 4 atom stereocenters. The fourth-order valence-corrected chi connectivity index (χ4v) is 9.12. The van der Waals surface area contributed by atoms with Crippen molar-refractivity contribution in [2.75, 3.05) is 51.8 Å². The number of likely N-dealkylation sites (N-methyl/N-ethyl adjacent to an activating group) is 1. The van der Waals surface area contributed by atoms with E-state index in [1.54, 1.807) is 7.11 Å². The number of piperazine rings is 1. The number of carbonyl (C=O) groups excluding carboxylic acids is 1. The molecule has 2 aromatic carbocycles. The van der Waals surface area contributed by atoms with Crippen LogP contribution in [0.3, 0.4) is 0 Å². The van der Waals surface area contributed by atoms with Gasteiger partial charge in [0.2, 0.25) is 0 Å². The van der Waals surface area contributed by atoms with Crippen LogP contribution in [-0.4, -0.2) is 73.6 Å². The molecule has 1 amide bonds. The van der Waals surface area contributed by atoms with Gasteiger partial charge in [-0.1, -0.05) is 23.8 Å². The van der Waals surface area contributed by atoms with E-state index >= 15 is 0 Å². The molecule has 1 spiro atoms. The molecule has 5 aliphatic rings. The normalized spacial score (nSPS) is 27.8. The fourth-order valence-electron chi connectivity index (χ4n) is 9.12. The average molecular weight is 553 g/mol. The molecule has 0 unspecified atom stereocenters. The van der Waals surface area contributed by atoms with Crippen molar-refractivity contribution in [1.82, 2.24) is 14.8 Å². The fraction of sp³-hybridized carbons (Fsp3) is 0.500. The van der Waals surface area contributed by atoms with Gasteiger partial charge in [0, 0.05) is 48.9 Å². The van der Waals surface area contributed by atoms with Crippen molar-refractivity contribution in [1.29, 1.82) is 0 Å². The smallest absolute Gasteiger partial charge is 0.270 e. The van der Waals surface area contributed by atoms with Crippen LogP contribution in [0.2, 0.25) is 0 Å². The van der Waals surface area contributed by atoms with E-state index in [-0.39, 0.29) is 17.4 Å². The van der Waals surface area contributed by atoms with E-state index in [1.807, 2.05) is 4.90 Å². The van der Waals surface area contributed by atoms with Crippen molar-refractivity contribution in [3.63, 3.8) is 0 Å². The molecular formula is C34H40N4O3. The highest BCUT2D eigenvalue weighted by atomic mass is 16.5. The number of aromatic nitrogens is 1. The molecule has 1 N–H and O–H groups in total. The number of H-pyrrole nitrogens is 1. The summed E-state index contributed by atoms with van der Waals surface area (Å²) in [6.45, 7) is 10.6. The lowest BCUT2D eigenvalue weighted by molar-refractivity contribution is -0.0256. The summed E-state index contributed by atoms with van der Waals surface area (Å²) in [5, 5.41) is 0. The summed E-state index contributed by atoms with van der Waals surface area (Å²) in [6, 6.07) is 11.4. The number of amides is 1. The average Bonchev–Trinajstić information content (AvgIpc) is 3.49. The summed E-state index contributed by atoms with van der Waals surface area (Å²) >= 11 is 0. The van der Waals surface area contributed by atoms with Gasteiger partial charge in [0.25, 0.3) is 5.91 Å². The van der Waals surface area contributed by atoms with Gasteiger partial charge in [0.1, 0.15) is 11.8 Å². The first kappa shape index (κ1) is 25.3. The van der Waals surface area contributed by atoms with Crippen molar-refractivity contribution in [2.24, 2.45) is 5.92 Å². The maximum absolute atomic E-state index is 14.1. The molecular weight excluding hydrogens is 512 g/mol. The highest BCUT2D eigenvalue weighted by molar-refractivity contribution is 5.95. The Balaban J connectivity index is 1.13. The number of hydrogen-bond donors (Lipinski definition) is 1. The Bertz CT molecular complexity index is 1580. The van der Waals surface area contributed by atoms with Crippen molar-refractivity contribution in [3.05, 3.63) is 75.1 Å². The molecule has 41 heavy (non-hydrogen) atoms. The van der Waals surface area contributed by atoms with Gasteiger partial charge in [-0.2, -0.15) is 0 Å². The largest absolute Gasteiger partial charge is 0.493 e. The Morgan fingerprint density at radius 3 is 2.61 bits per heavy atom. The molecule has 8 rings (SSSR count). The molecule has 0 radical (unpaired) electrons. The number of piperidine rings is 1. The lowest BCUT2D eigenvalue weighted by atomic mass is 9.51. The maximum Gasteiger partial charge on any atom is 0.270 e. The van der Waals surface area contributed by atoms with Crippen molar-refractivity contribution >= 4 is 11.6 Å². The molecule has 7 heteroatoms. The minimum absolute atomic E-state index is 0.0727. The first-order chi connectivity index (χ1) is 19.8. The van der Waals surface area contributed by atoms with Crippen LogP contribution in [0.25, 0.3) is 0 Å². The van der Waals surface area contributed by atoms with E-state index in [0.29, 0.717) is 12.0 Å². The van der Waals surface area contributed by atoms with Crippen molar-refractivity contribution in [2.45, 2.75) is 57.6 Å². The number of benzene rings is 2. The molecule has 7 nitrogen and oxygen atoms in total. The second-order valence-corrected chi connectivity index (χ2v) is 13.1. The van der Waals surface area contributed by atoms with Crippen LogP contribution in [0, 0.1) is 26.7 Å². The predicted molar refractivity (Wildman–Crippen MR) is 160 cm³/mol. The van der Waals surface area contributed by atoms with Crippen LogP contribution in [0.4, 0.5) is 5.69 Å². The molecule has 2 bridgehead atoms. The number of nitrogens with one attached hydrogen (secondary N) is 1. The monoisotopic (exact) mass is 552 g/mol. The molecule has 3 aliphatic heterocycles. The molecule has 214 valence electrons. The first-order valence-electron chi connectivity index (χ1n) is 15.2. The summed E-state index contributed by atoms with van der Waals surface area (Å²) in [5.74, 6) is 2.33. The van der Waals surface area contributed by atoms with Gasteiger partial charge in [-0.05, 0) is 93.9 Å². The van der Waals surface area contributed by atoms with Crippen molar-refractivity contribution < 1.29 is 14.3 Å². The standard InChI is InChI=1S/C34H40N4O3/c1-19-6-8-25(20(2)16-19)37-12-14-38(15-13-37)33(39)29-21(3)23-18-24-26-17-22-7-9-27(40-5)31-28(22)34(24,10-11-36(26)4)32(41-31)30(23)35-29/h6-9,16,24,26,32,35H,10-15,17-18H2,1-5H3/t24-,26-,32-,34-/m0/s1. The second-order valence-electron chi connectivity index (χ2n) is 13.1. The minimum atomic E-state index is -0.112. The Labute approximate surface area is 242 Å². The van der Waals surface area contributed by atoms with E-state index in [9.17, 15) is 4.79 Å². The third kappa shape index (κ3) is 3.33. The highest BCUT2D eigenvalue weighted by Gasteiger charge is 2.65. The van der Waals surface area contributed by atoms with Crippen LogP contribution >= 0.6 is 0 Å². The SMILES string of the molecule is COc1ccc2c3c1O[C@H]1c4[nH]c(C(=O)N5CCN(c6ccc(C)cc6C)CC5)c(C)c4C[C@H]4[C@H](C2)N(C)CC[C@]314. The Morgan fingerprint density at radius 1 is 1.05 bits per heavy atom. The number of aromatic amines is 1. The summed E-state index contributed by atoms with van der Waals surface area (Å²) in [7, 11) is 4.02. The Kier molecular flexibility index (Phi) is 5.41. The quantitative estimate of drug-likeness (QED) is 0.510. The molecule has 3 aromatic rings. The van der Waals surface area contributed by atoms with Gasteiger partial charge < -0.3 is 29.2 Å². The van der Waals surface area contributed by atoms with Crippen molar-refractivity contribution in [3.8, 4) is 11.5 Å². The first-order valence-corrected chi connectivity index (χ1v) is 15.2. The van der Waals surface area contributed by atoms with E-state index in [2.05, 4.69) is 72.9 Å². The van der Waals surface area contributed by atoms with Gasteiger partial charge in [-0.15, -0.1) is 0 Å². The summed E-state index contributed by atoms with van der Waals surface area (Å²) in [4.78, 5) is 24.8. The van der Waals surface area contributed by atoms with E-state index < -0.39 is 0 Å². The zero-order valence-electron chi connectivity index (χ0n) is 24.8. The molecule has 1 aromatic heterocycles. The number of anilines is 1. The zero-order valence-corrected chi connectivity index (χ0v) is 24.8. The van der Waals surface area contributed by atoms with E-state index in [4.69, 9.17) is 9.47 Å². The lowest BCUT2D eigenvalue weighted by Gasteiger charge is -2.57. The molecule has 2 aliphatic carbocycles. The van der Waals surface area contributed by atoms with Crippen LogP contribution in [-0.2, 0) is 18.3 Å². The number of likely N-dealkylation sites (tertiary alicyclic amines) is 1. The summed E-state index contributed by atoms with van der Waals surface area (Å²) < 4.78 is 12.7. The van der Waals surface area contributed by atoms with E-state index in [0.717, 1.165) is 80.4 Å². The Morgan fingerprint density at radius 2 is 1.85 bits per heavy atom. The summed E-state index contributed by atoms with van der Waals surface area (Å²) in [5.41, 5.74) is 10.8. The van der Waals surface area contributed by atoms with Gasteiger partial charge in [0.05, 0.1) is 12.8 Å². The molecule has 4 heterocycles. The van der Waals surface area contributed by atoms with Crippen LogP contribution in [0.5, 0.6) is 11.5 Å². The van der Waals surface area contributed by atoms with Gasteiger partial charge in [0.15, 0.2) is 11.5 Å². The lowest BCUT2D eigenvalue weighted by Crippen LogP contribution is -2.62. The third-order valence-corrected chi connectivity index (χ3v) is 11.2. The van der Waals surface area contributed by atoms with Crippen LogP contribution < -0.4 is 14.4 Å². The molecule has 2 saturated heterocycles. The number of fused-ring (bicyclic) bond motifs is 2. The topological polar surface area (TPSA) is 61.0 Å². The molecule has 2 fully saturated rings. The third-order valence-electron chi connectivity index (χ3n) is 11.2. The Hall–Kier alpha value is -3.45. The molecule has 0 saturated carbocycles. The number of carbonyl (C=O) groups is 1. The second kappa shape index (κ2) is 8.78. The van der Waals surface area contributed by atoms with Gasteiger partial charge in [-0.25, -0.2) is 0 Å². The maximum atomic E-state index is 14.1. The number of rotatable bonds is 3. The number of nitrogens with zero attached hydrogens (tertiary/aromatic N) is 3.